The van der Waals surface area contributed by atoms with Crippen molar-refractivity contribution in [2.75, 3.05) is 38.3 Å². The lowest BCUT2D eigenvalue weighted by molar-refractivity contribution is -0.168. The lowest BCUT2D eigenvalue weighted by atomic mass is 9.51. The predicted molar refractivity (Wildman–Crippen MR) is 129 cm³/mol. The molecular formula is C22H33IN4O3. The predicted octanol–water partition coefficient (Wildman–Crippen LogP) is 2.93. The number of para-hydroxylation sites is 2. The van der Waals surface area contributed by atoms with Gasteiger partial charge in [0.2, 0.25) is 0 Å². The molecule has 4 rings (SSSR count). The summed E-state index contributed by atoms with van der Waals surface area (Å²) in [5.41, 5.74) is 1.16. The normalized spacial score (nSPS) is 24.1. The number of aliphatic imine (C=N–C) groups is 1. The number of anilines is 1. The first-order valence-corrected chi connectivity index (χ1v) is 10.8. The van der Waals surface area contributed by atoms with Gasteiger partial charge in [-0.2, -0.15) is 0 Å². The van der Waals surface area contributed by atoms with Crippen LogP contribution < -0.4 is 20.3 Å². The largest absolute Gasteiger partial charge is 0.482 e. The first-order chi connectivity index (χ1) is 14.2. The maximum absolute atomic E-state index is 12.3. The number of nitrogens with zero attached hydrogens (tertiary/aromatic N) is 2. The third-order valence-electron chi connectivity index (χ3n) is 6.63. The summed E-state index contributed by atoms with van der Waals surface area (Å²) in [6.07, 6.45) is 6.05. The summed E-state index contributed by atoms with van der Waals surface area (Å²) in [6, 6.07) is 8.14. The van der Waals surface area contributed by atoms with Crippen LogP contribution in [0.4, 0.5) is 5.69 Å². The fraction of sp³-hybridized carbons (Fsp3) is 0.636. The van der Waals surface area contributed by atoms with Gasteiger partial charge in [0.15, 0.2) is 12.6 Å². The van der Waals surface area contributed by atoms with E-state index in [0.29, 0.717) is 24.1 Å². The summed E-state index contributed by atoms with van der Waals surface area (Å²) < 4.78 is 11.4. The maximum atomic E-state index is 12.3. The molecule has 30 heavy (non-hydrogen) atoms. The van der Waals surface area contributed by atoms with Gasteiger partial charge in [0.05, 0.1) is 11.8 Å². The number of carbonyl (C=O) groups excluding carboxylic acids is 1. The van der Waals surface area contributed by atoms with Gasteiger partial charge < -0.3 is 25.0 Å². The third-order valence-corrected chi connectivity index (χ3v) is 6.63. The zero-order chi connectivity index (χ0) is 20.3. The highest BCUT2D eigenvalue weighted by molar-refractivity contribution is 14.0. The standard InChI is InChI=1S/C22H32N4O3.HI/c1-3-28-19-14-18(22(19)10-6-11-22)25-21(23-2)24-12-7-13-26-16-8-4-5-9-17(16)29-15-20(26)27;/h4-5,8-9,18-19H,3,6-7,10-15H2,1-2H3,(H2,23,24,25);1H. The minimum Gasteiger partial charge on any atom is -0.482 e. The molecule has 166 valence electrons. The van der Waals surface area contributed by atoms with Crippen LogP contribution in [0.5, 0.6) is 5.75 Å². The van der Waals surface area contributed by atoms with Crippen LogP contribution in [0.15, 0.2) is 29.3 Å². The van der Waals surface area contributed by atoms with Crippen molar-refractivity contribution in [1.82, 2.24) is 10.6 Å². The molecule has 1 heterocycles. The number of carbonyl (C=O) groups is 1. The highest BCUT2D eigenvalue weighted by Gasteiger charge is 2.59. The second-order valence-electron chi connectivity index (χ2n) is 8.12. The molecule has 2 N–H and O–H groups in total. The highest BCUT2D eigenvalue weighted by atomic mass is 127. The van der Waals surface area contributed by atoms with Crippen LogP contribution in [0.3, 0.4) is 0 Å². The molecule has 0 radical (unpaired) electrons. The van der Waals surface area contributed by atoms with E-state index in [9.17, 15) is 4.79 Å². The SMILES string of the molecule is CCOC1CC(NC(=NC)NCCCN2C(=O)COc3ccccc32)C12CCC2.I. The van der Waals surface area contributed by atoms with Crippen molar-refractivity contribution in [2.24, 2.45) is 10.4 Å². The average molecular weight is 528 g/mol. The molecule has 7 nitrogen and oxygen atoms in total. The van der Waals surface area contributed by atoms with E-state index in [1.165, 1.54) is 19.3 Å². The van der Waals surface area contributed by atoms with E-state index in [1.807, 2.05) is 36.2 Å². The molecule has 2 aliphatic carbocycles. The van der Waals surface area contributed by atoms with Gasteiger partial charge in [-0.05, 0) is 44.7 Å². The smallest absolute Gasteiger partial charge is 0.265 e. The van der Waals surface area contributed by atoms with Crippen molar-refractivity contribution < 1.29 is 14.3 Å². The van der Waals surface area contributed by atoms with Crippen LogP contribution in [-0.4, -0.2) is 57.4 Å². The molecule has 1 amide bonds. The van der Waals surface area contributed by atoms with Crippen molar-refractivity contribution in [2.45, 2.75) is 51.2 Å². The van der Waals surface area contributed by atoms with E-state index in [0.717, 1.165) is 43.4 Å². The third kappa shape index (κ3) is 4.39. The van der Waals surface area contributed by atoms with E-state index in [2.05, 4.69) is 22.5 Å². The molecule has 1 aliphatic heterocycles. The van der Waals surface area contributed by atoms with Crippen LogP contribution in [0.2, 0.25) is 0 Å². The summed E-state index contributed by atoms with van der Waals surface area (Å²) in [7, 11) is 1.81. The molecule has 8 heteroatoms. The zero-order valence-corrected chi connectivity index (χ0v) is 20.2. The minimum absolute atomic E-state index is 0. The summed E-state index contributed by atoms with van der Waals surface area (Å²) in [5, 5.41) is 7.01. The topological polar surface area (TPSA) is 75.2 Å². The number of benzene rings is 1. The number of nitrogens with one attached hydrogen (secondary N) is 2. The van der Waals surface area contributed by atoms with Gasteiger partial charge >= 0.3 is 0 Å². The molecule has 0 bridgehead atoms. The molecule has 3 aliphatic rings. The second-order valence-corrected chi connectivity index (χ2v) is 8.12. The second kappa shape index (κ2) is 10.2. The Labute approximate surface area is 196 Å². The molecule has 2 saturated carbocycles. The Balaban J connectivity index is 0.00000256. The minimum atomic E-state index is 0. The first kappa shape index (κ1) is 23.1. The van der Waals surface area contributed by atoms with Gasteiger partial charge in [0.25, 0.3) is 5.91 Å². The van der Waals surface area contributed by atoms with Crippen molar-refractivity contribution in [3.8, 4) is 5.75 Å². The number of amides is 1. The van der Waals surface area contributed by atoms with E-state index >= 15 is 0 Å². The van der Waals surface area contributed by atoms with Gasteiger partial charge in [0, 0.05) is 38.2 Å². The summed E-state index contributed by atoms with van der Waals surface area (Å²) in [6.45, 7) is 4.38. The molecule has 2 atom stereocenters. The quantitative estimate of drug-likeness (QED) is 0.247. The fourth-order valence-electron chi connectivity index (χ4n) is 4.84. The highest BCUT2D eigenvalue weighted by Crippen LogP contribution is 2.57. The van der Waals surface area contributed by atoms with Crippen LogP contribution in [0.1, 0.15) is 39.0 Å². The Morgan fingerprint density at radius 2 is 2.17 bits per heavy atom. The van der Waals surface area contributed by atoms with Gasteiger partial charge in [0.1, 0.15) is 5.75 Å². The van der Waals surface area contributed by atoms with E-state index in [-0.39, 0.29) is 36.5 Å². The number of ether oxygens (including phenoxy) is 2. The molecule has 2 fully saturated rings. The molecule has 0 aromatic heterocycles. The Morgan fingerprint density at radius 3 is 2.87 bits per heavy atom. The molecule has 1 spiro atoms. The zero-order valence-electron chi connectivity index (χ0n) is 17.9. The number of halogens is 1. The first-order valence-electron chi connectivity index (χ1n) is 10.8. The van der Waals surface area contributed by atoms with Gasteiger partial charge in [-0.3, -0.25) is 9.79 Å². The van der Waals surface area contributed by atoms with Gasteiger partial charge in [-0.15, -0.1) is 24.0 Å². The monoisotopic (exact) mass is 528 g/mol. The van der Waals surface area contributed by atoms with Gasteiger partial charge in [-0.25, -0.2) is 0 Å². The van der Waals surface area contributed by atoms with Crippen molar-refractivity contribution >= 4 is 41.5 Å². The number of fused-ring (bicyclic) bond motifs is 1. The summed E-state index contributed by atoms with van der Waals surface area (Å²) in [4.78, 5) is 18.5. The Morgan fingerprint density at radius 1 is 1.37 bits per heavy atom. The Hall–Kier alpha value is -1.55. The van der Waals surface area contributed by atoms with Crippen LogP contribution in [0, 0.1) is 5.41 Å². The molecule has 1 aromatic rings. The Kier molecular flexibility index (Phi) is 7.84. The van der Waals surface area contributed by atoms with Crippen LogP contribution >= 0.6 is 24.0 Å². The maximum Gasteiger partial charge on any atom is 0.265 e. The molecule has 2 unspecified atom stereocenters. The fourth-order valence-corrected chi connectivity index (χ4v) is 4.84. The number of guanidine groups is 1. The lowest BCUT2D eigenvalue weighted by Gasteiger charge is -2.61. The number of hydrogen-bond acceptors (Lipinski definition) is 4. The van der Waals surface area contributed by atoms with Crippen molar-refractivity contribution in [1.29, 1.82) is 0 Å². The number of rotatable bonds is 7. The van der Waals surface area contributed by atoms with E-state index in [4.69, 9.17) is 9.47 Å². The summed E-state index contributed by atoms with van der Waals surface area (Å²) >= 11 is 0. The lowest BCUT2D eigenvalue weighted by Crippen LogP contribution is -2.68. The van der Waals surface area contributed by atoms with Crippen molar-refractivity contribution in [3.63, 3.8) is 0 Å². The number of hydrogen-bond donors (Lipinski definition) is 2. The van der Waals surface area contributed by atoms with E-state index in [1.54, 1.807) is 0 Å². The van der Waals surface area contributed by atoms with E-state index < -0.39 is 0 Å². The molecule has 1 aromatic carbocycles. The van der Waals surface area contributed by atoms with Crippen LogP contribution in [-0.2, 0) is 9.53 Å². The van der Waals surface area contributed by atoms with Crippen molar-refractivity contribution in [3.05, 3.63) is 24.3 Å². The summed E-state index contributed by atoms with van der Waals surface area (Å²) in [5.74, 6) is 1.62. The Bertz CT molecular complexity index is 769. The molecule has 0 saturated heterocycles. The van der Waals surface area contributed by atoms with Crippen LogP contribution in [0.25, 0.3) is 0 Å². The van der Waals surface area contributed by atoms with Gasteiger partial charge in [-0.1, -0.05) is 18.6 Å². The molecular weight excluding hydrogens is 495 g/mol. The average Bonchev–Trinajstić information content (AvgIpc) is 2.68.